The number of rotatable bonds is 2. The van der Waals surface area contributed by atoms with Crippen LogP contribution in [-0.4, -0.2) is 28.2 Å². The van der Waals surface area contributed by atoms with Crippen LogP contribution in [0.15, 0.2) is 36.9 Å². The molecule has 0 fully saturated rings. The number of aliphatic hydroxyl groups excluding tert-OH is 1. The van der Waals surface area contributed by atoms with E-state index in [1.165, 1.54) is 7.11 Å². The summed E-state index contributed by atoms with van der Waals surface area (Å²) in [5.74, 6) is -0.322. The third kappa shape index (κ3) is 5.29. The van der Waals surface area contributed by atoms with Crippen molar-refractivity contribution in [3.05, 3.63) is 55.2 Å². The molecule has 0 aliphatic rings. The van der Waals surface area contributed by atoms with Crippen LogP contribution in [0.2, 0.25) is 0 Å². The van der Waals surface area contributed by atoms with Crippen LogP contribution < -0.4 is 0 Å². The van der Waals surface area contributed by atoms with Gasteiger partial charge in [0.2, 0.25) is 0 Å². The lowest BCUT2D eigenvalue weighted by Gasteiger charge is -1.99. The number of hydrogen-bond acceptors (Lipinski definition) is 5. The molecule has 0 atom stereocenters. The molecule has 0 unspecified atom stereocenters. The van der Waals surface area contributed by atoms with Gasteiger partial charge in [0.05, 0.1) is 19.3 Å². The minimum atomic E-state index is -0.322. The molecular formula is C13H12I2N2O3. The Labute approximate surface area is 144 Å². The minimum absolute atomic E-state index is 0.0980. The summed E-state index contributed by atoms with van der Waals surface area (Å²) in [5, 5.41) is 8.69. The van der Waals surface area contributed by atoms with E-state index in [9.17, 15) is 4.79 Å². The van der Waals surface area contributed by atoms with Crippen molar-refractivity contribution in [3.63, 3.8) is 0 Å². The molecule has 0 aromatic carbocycles. The Bertz CT molecular complexity index is 579. The zero-order valence-corrected chi connectivity index (χ0v) is 14.9. The molecule has 0 spiro atoms. The average Bonchev–Trinajstić information content (AvgIpc) is 2.48. The van der Waals surface area contributed by atoms with Crippen LogP contribution in [0, 0.1) is 7.14 Å². The van der Waals surface area contributed by atoms with Gasteiger partial charge in [-0.15, -0.1) is 0 Å². The maximum absolute atomic E-state index is 11.0. The first-order valence-electron chi connectivity index (χ1n) is 5.47. The van der Waals surface area contributed by atoms with Gasteiger partial charge in [-0.2, -0.15) is 0 Å². The number of carbonyl (C=O) groups is 1. The standard InChI is InChI=1S/C7H6INO2.C6H6INO/c1-11-7(10)5-2-3-9-4-6(5)8;7-6-3-8-2-1-5(6)4-9/h2-4H,1H3;1-3,9H,4H2. The van der Waals surface area contributed by atoms with Crippen LogP contribution in [0.1, 0.15) is 15.9 Å². The summed E-state index contributed by atoms with van der Waals surface area (Å²) in [5.41, 5.74) is 1.49. The van der Waals surface area contributed by atoms with E-state index in [2.05, 4.69) is 37.3 Å². The van der Waals surface area contributed by atoms with E-state index < -0.39 is 0 Å². The van der Waals surface area contributed by atoms with Crippen molar-refractivity contribution in [2.45, 2.75) is 6.61 Å². The first-order valence-corrected chi connectivity index (χ1v) is 7.63. The maximum Gasteiger partial charge on any atom is 0.339 e. The van der Waals surface area contributed by atoms with Crippen LogP contribution >= 0.6 is 45.2 Å². The molecule has 0 aliphatic carbocycles. The van der Waals surface area contributed by atoms with Gasteiger partial charge < -0.3 is 9.84 Å². The van der Waals surface area contributed by atoms with Crippen molar-refractivity contribution in [2.75, 3.05) is 7.11 Å². The monoisotopic (exact) mass is 498 g/mol. The third-order valence-electron chi connectivity index (χ3n) is 2.20. The van der Waals surface area contributed by atoms with E-state index in [0.717, 1.165) is 12.7 Å². The number of methoxy groups -OCH3 is 1. The summed E-state index contributed by atoms with van der Waals surface area (Å²) in [6.45, 7) is 0.0980. The fourth-order valence-electron chi connectivity index (χ4n) is 1.18. The Morgan fingerprint density at radius 3 is 2.25 bits per heavy atom. The molecule has 2 aromatic heterocycles. The number of hydrogen-bond donors (Lipinski definition) is 1. The van der Waals surface area contributed by atoms with Gasteiger partial charge in [-0.05, 0) is 62.9 Å². The summed E-state index contributed by atoms with van der Waals surface area (Å²) < 4.78 is 6.36. The predicted molar refractivity (Wildman–Crippen MR) is 91.2 cm³/mol. The molecule has 0 saturated carbocycles. The molecule has 0 amide bonds. The second-order valence-corrected chi connectivity index (χ2v) is 5.80. The zero-order valence-electron chi connectivity index (χ0n) is 10.6. The molecule has 2 heterocycles. The number of esters is 1. The highest BCUT2D eigenvalue weighted by Crippen LogP contribution is 2.10. The Kier molecular flexibility index (Phi) is 7.92. The van der Waals surface area contributed by atoms with Crippen molar-refractivity contribution < 1.29 is 14.6 Å². The van der Waals surface area contributed by atoms with Crippen LogP contribution in [-0.2, 0) is 11.3 Å². The normalized spacial score (nSPS) is 9.40. The van der Waals surface area contributed by atoms with Crippen LogP contribution in [0.3, 0.4) is 0 Å². The molecule has 2 rings (SSSR count). The molecule has 7 heteroatoms. The lowest BCUT2D eigenvalue weighted by atomic mass is 10.3. The molecule has 2 aromatic rings. The number of aliphatic hydroxyl groups is 1. The first kappa shape index (κ1) is 17.2. The van der Waals surface area contributed by atoms with E-state index in [0.29, 0.717) is 5.56 Å². The number of nitrogens with zero attached hydrogens (tertiary/aromatic N) is 2. The number of pyridine rings is 2. The van der Waals surface area contributed by atoms with E-state index in [4.69, 9.17) is 5.11 Å². The van der Waals surface area contributed by atoms with Gasteiger partial charge in [0.25, 0.3) is 0 Å². The van der Waals surface area contributed by atoms with Gasteiger partial charge >= 0.3 is 5.97 Å². The maximum atomic E-state index is 11.0. The molecule has 0 aliphatic heterocycles. The van der Waals surface area contributed by atoms with E-state index >= 15 is 0 Å². The quantitative estimate of drug-likeness (QED) is 0.510. The van der Waals surface area contributed by atoms with Crippen LogP contribution in [0.25, 0.3) is 0 Å². The van der Waals surface area contributed by atoms with Crippen molar-refractivity contribution in [1.82, 2.24) is 9.97 Å². The molecule has 106 valence electrons. The fourth-order valence-corrected chi connectivity index (χ4v) is 2.25. The summed E-state index contributed by atoms with van der Waals surface area (Å²) in [6, 6.07) is 3.44. The number of aromatic nitrogens is 2. The van der Waals surface area contributed by atoms with E-state index in [1.54, 1.807) is 30.9 Å². The van der Waals surface area contributed by atoms with E-state index in [-0.39, 0.29) is 12.6 Å². The second kappa shape index (κ2) is 9.19. The van der Waals surface area contributed by atoms with Crippen molar-refractivity contribution in [2.24, 2.45) is 0 Å². The average molecular weight is 498 g/mol. The lowest BCUT2D eigenvalue weighted by Crippen LogP contribution is -2.03. The highest BCUT2D eigenvalue weighted by molar-refractivity contribution is 14.1. The van der Waals surface area contributed by atoms with Crippen molar-refractivity contribution in [3.8, 4) is 0 Å². The minimum Gasteiger partial charge on any atom is -0.465 e. The lowest BCUT2D eigenvalue weighted by molar-refractivity contribution is 0.0599. The first-order chi connectivity index (χ1) is 9.60. The molecule has 0 saturated heterocycles. The Morgan fingerprint density at radius 2 is 1.80 bits per heavy atom. The third-order valence-corrected chi connectivity index (χ3v) is 4.04. The number of ether oxygens (including phenoxy) is 1. The Balaban J connectivity index is 0.000000204. The van der Waals surface area contributed by atoms with E-state index in [1.807, 2.05) is 28.7 Å². The molecule has 5 nitrogen and oxygen atoms in total. The predicted octanol–water partition coefficient (Wildman–Crippen LogP) is 2.65. The molecular weight excluding hydrogens is 486 g/mol. The van der Waals surface area contributed by atoms with Gasteiger partial charge in [0, 0.05) is 31.9 Å². The van der Waals surface area contributed by atoms with Crippen molar-refractivity contribution in [1.29, 1.82) is 0 Å². The number of carbonyl (C=O) groups excluding carboxylic acids is 1. The largest absolute Gasteiger partial charge is 0.465 e. The highest BCUT2D eigenvalue weighted by atomic mass is 127. The summed E-state index contributed by atoms with van der Waals surface area (Å²) >= 11 is 4.17. The van der Waals surface area contributed by atoms with Crippen LogP contribution in [0.4, 0.5) is 0 Å². The smallest absolute Gasteiger partial charge is 0.339 e. The summed E-state index contributed by atoms with van der Waals surface area (Å²) in [6.07, 6.45) is 6.58. The molecule has 1 N–H and O–H groups in total. The number of halogens is 2. The van der Waals surface area contributed by atoms with Crippen molar-refractivity contribution >= 4 is 51.2 Å². The topological polar surface area (TPSA) is 72.3 Å². The zero-order chi connectivity index (χ0) is 15.0. The molecule has 0 radical (unpaired) electrons. The van der Waals surface area contributed by atoms with Gasteiger partial charge in [0.1, 0.15) is 0 Å². The SMILES string of the molecule is COC(=O)c1ccncc1I.OCc1ccncc1I. The molecule has 0 bridgehead atoms. The van der Waals surface area contributed by atoms with Gasteiger partial charge in [0.15, 0.2) is 0 Å². The van der Waals surface area contributed by atoms with Crippen LogP contribution in [0.5, 0.6) is 0 Å². The Hall–Kier alpha value is -0.810. The summed E-state index contributed by atoms with van der Waals surface area (Å²) in [4.78, 5) is 18.7. The molecule has 20 heavy (non-hydrogen) atoms. The second-order valence-electron chi connectivity index (χ2n) is 3.47. The summed E-state index contributed by atoms with van der Waals surface area (Å²) in [7, 11) is 1.36. The fraction of sp³-hybridized carbons (Fsp3) is 0.154. The Morgan fingerprint density at radius 1 is 1.20 bits per heavy atom. The van der Waals surface area contributed by atoms with Gasteiger partial charge in [-0.1, -0.05) is 0 Å². The highest BCUT2D eigenvalue weighted by Gasteiger charge is 2.07. The van der Waals surface area contributed by atoms with Gasteiger partial charge in [-0.3, -0.25) is 9.97 Å². The van der Waals surface area contributed by atoms with Gasteiger partial charge in [-0.25, -0.2) is 4.79 Å².